The number of methoxy groups -OCH3 is 1. The highest BCUT2D eigenvalue weighted by Crippen LogP contribution is 2.34. The lowest BCUT2D eigenvalue weighted by atomic mass is 9.95. The summed E-state index contributed by atoms with van der Waals surface area (Å²) in [4.78, 5) is 12.5. The monoisotopic (exact) mass is 300 g/mol. The van der Waals surface area contributed by atoms with Crippen molar-refractivity contribution >= 4 is 5.97 Å². The molecule has 2 aromatic rings. The molecule has 0 heterocycles. The normalized spacial score (nSPS) is 13.0. The number of rotatable bonds is 6. The van der Waals surface area contributed by atoms with E-state index in [1.165, 1.54) is 0 Å². The molecule has 0 radical (unpaired) electrons. The Kier molecular flexibility index (Phi) is 5.04. The zero-order valence-corrected chi connectivity index (χ0v) is 13.0. The summed E-state index contributed by atoms with van der Waals surface area (Å²) < 4.78 is 16.5. The van der Waals surface area contributed by atoms with E-state index in [9.17, 15) is 4.79 Å². The SMILES string of the molecule is CCOC(=O)[C@@](C)(Oc1ccccc1OC)c1ccccc1. The fourth-order valence-electron chi connectivity index (χ4n) is 2.17. The van der Waals surface area contributed by atoms with Gasteiger partial charge in [0.25, 0.3) is 0 Å². The standard InChI is InChI=1S/C18H20O4/c1-4-21-17(19)18(2,14-10-6-5-7-11-14)22-16-13-9-8-12-15(16)20-3/h5-13H,4H2,1-3H3/t18-/m0/s1. The van der Waals surface area contributed by atoms with Gasteiger partial charge in [0, 0.05) is 5.56 Å². The Bertz CT molecular complexity index is 624. The number of hydrogen-bond acceptors (Lipinski definition) is 4. The molecule has 4 heteroatoms. The Morgan fingerprint density at radius 1 is 1.00 bits per heavy atom. The molecule has 0 unspecified atom stereocenters. The number of hydrogen-bond donors (Lipinski definition) is 0. The van der Waals surface area contributed by atoms with Crippen molar-refractivity contribution in [1.29, 1.82) is 0 Å². The van der Waals surface area contributed by atoms with Gasteiger partial charge in [-0.3, -0.25) is 0 Å². The second-order valence-corrected chi connectivity index (χ2v) is 4.87. The quantitative estimate of drug-likeness (QED) is 0.765. The minimum atomic E-state index is -1.24. The third-order valence-electron chi connectivity index (χ3n) is 3.37. The van der Waals surface area contributed by atoms with Gasteiger partial charge in [0.15, 0.2) is 11.5 Å². The van der Waals surface area contributed by atoms with Gasteiger partial charge in [-0.05, 0) is 26.0 Å². The number of benzene rings is 2. The van der Waals surface area contributed by atoms with Crippen LogP contribution in [0.5, 0.6) is 11.5 Å². The number of carbonyl (C=O) groups excluding carboxylic acids is 1. The first-order valence-electron chi connectivity index (χ1n) is 7.16. The van der Waals surface area contributed by atoms with Crippen LogP contribution >= 0.6 is 0 Å². The molecule has 0 aromatic heterocycles. The summed E-state index contributed by atoms with van der Waals surface area (Å²) in [5.74, 6) is 0.616. The van der Waals surface area contributed by atoms with Gasteiger partial charge in [-0.1, -0.05) is 42.5 Å². The third kappa shape index (κ3) is 3.22. The Labute approximate surface area is 130 Å². The zero-order chi connectivity index (χ0) is 16.0. The van der Waals surface area contributed by atoms with E-state index < -0.39 is 11.6 Å². The summed E-state index contributed by atoms with van der Waals surface area (Å²) in [6.07, 6.45) is 0. The van der Waals surface area contributed by atoms with E-state index in [1.54, 1.807) is 33.1 Å². The highest BCUT2D eigenvalue weighted by molar-refractivity contribution is 5.81. The second kappa shape index (κ2) is 6.98. The molecule has 0 N–H and O–H groups in total. The van der Waals surface area contributed by atoms with Crippen molar-refractivity contribution in [3.05, 3.63) is 60.2 Å². The van der Waals surface area contributed by atoms with Gasteiger partial charge >= 0.3 is 5.97 Å². The van der Waals surface area contributed by atoms with Crippen LogP contribution in [-0.2, 0) is 15.1 Å². The van der Waals surface area contributed by atoms with Crippen LogP contribution in [0.25, 0.3) is 0 Å². The van der Waals surface area contributed by atoms with Crippen LogP contribution in [-0.4, -0.2) is 19.7 Å². The topological polar surface area (TPSA) is 44.8 Å². The predicted molar refractivity (Wildman–Crippen MR) is 84.0 cm³/mol. The van der Waals surface area contributed by atoms with Crippen LogP contribution in [0.3, 0.4) is 0 Å². The van der Waals surface area contributed by atoms with Crippen LogP contribution in [0.15, 0.2) is 54.6 Å². The Hall–Kier alpha value is -2.49. The van der Waals surface area contributed by atoms with Crippen molar-refractivity contribution in [3.8, 4) is 11.5 Å². The summed E-state index contributed by atoms with van der Waals surface area (Å²) in [5, 5.41) is 0. The van der Waals surface area contributed by atoms with E-state index in [2.05, 4.69) is 0 Å². The van der Waals surface area contributed by atoms with Crippen LogP contribution < -0.4 is 9.47 Å². The van der Waals surface area contributed by atoms with Gasteiger partial charge in [0.1, 0.15) is 0 Å². The van der Waals surface area contributed by atoms with E-state index >= 15 is 0 Å². The molecule has 116 valence electrons. The van der Waals surface area contributed by atoms with Gasteiger partial charge in [-0.2, -0.15) is 0 Å². The van der Waals surface area contributed by atoms with Gasteiger partial charge < -0.3 is 14.2 Å². The molecule has 0 bridgehead atoms. The average molecular weight is 300 g/mol. The predicted octanol–water partition coefficient (Wildman–Crippen LogP) is 3.55. The smallest absolute Gasteiger partial charge is 0.354 e. The molecule has 4 nitrogen and oxygen atoms in total. The molecule has 0 saturated carbocycles. The summed E-state index contributed by atoms with van der Waals surface area (Å²) >= 11 is 0. The highest BCUT2D eigenvalue weighted by atomic mass is 16.6. The largest absolute Gasteiger partial charge is 0.493 e. The Balaban J connectivity index is 2.43. The van der Waals surface area contributed by atoms with Gasteiger partial charge in [-0.15, -0.1) is 0 Å². The van der Waals surface area contributed by atoms with Crippen molar-refractivity contribution in [2.24, 2.45) is 0 Å². The molecular weight excluding hydrogens is 280 g/mol. The minimum absolute atomic E-state index is 0.288. The number of esters is 1. The summed E-state index contributed by atoms with van der Waals surface area (Å²) in [6.45, 7) is 3.76. The van der Waals surface area contributed by atoms with Crippen molar-refractivity contribution in [3.63, 3.8) is 0 Å². The van der Waals surface area contributed by atoms with Crippen LogP contribution in [0, 0.1) is 0 Å². The van der Waals surface area contributed by atoms with Crippen LogP contribution in [0.1, 0.15) is 19.4 Å². The minimum Gasteiger partial charge on any atom is -0.493 e. The van der Waals surface area contributed by atoms with Gasteiger partial charge in [-0.25, -0.2) is 4.79 Å². The first kappa shape index (κ1) is 15.9. The van der Waals surface area contributed by atoms with Crippen LogP contribution in [0.4, 0.5) is 0 Å². The first-order chi connectivity index (χ1) is 10.6. The zero-order valence-electron chi connectivity index (χ0n) is 13.0. The maximum atomic E-state index is 12.5. The molecule has 0 aliphatic carbocycles. The van der Waals surface area contributed by atoms with Crippen molar-refractivity contribution in [2.45, 2.75) is 19.4 Å². The van der Waals surface area contributed by atoms with Gasteiger partial charge in [0.05, 0.1) is 13.7 Å². The fraction of sp³-hybridized carbons (Fsp3) is 0.278. The Morgan fingerprint density at radius 2 is 1.59 bits per heavy atom. The number of carbonyl (C=O) groups is 1. The summed E-state index contributed by atoms with van der Waals surface area (Å²) in [6, 6.07) is 16.5. The lowest BCUT2D eigenvalue weighted by Gasteiger charge is -2.29. The molecule has 0 aliphatic rings. The summed E-state index contributed by atoms with van der Waals surface area (Å²) in [5.41, 5.74) is -0.523. The van der Waals surface area contributed by atoms with E-state index in [0.717, 1.165) is 5.56 Å². The molecule has 0 aliphatic heterocycles. The van der Waals surface area contributed by atoms with Crippen LogP contribution in [0.2, 0.25) is 0 Å². The molecule has 22 heavy (non-hydrogen) atoms. The number of ether oxygens (including phenoxy) is 3. The van der Waals surface area contributed by atoms with E-state index in [1.807, 2.05) is 42.5 Å². The van der Waals surface area contributed by atoms with Gasteiger partial charge in [0.2, 0.25) is 5.60 Å². The van der Waals surface area contributed by atoms with E-state index in [0.29, 0.717) is 11.5 Å². The maximum absolute atomic E-state index is 12.5. The Morgan fingerprint density at radius 3 is 2.18 bits per heavy atom. The molecule has 0 spiro atoms. The van der Waals surface area contributed by atoms with Crippen molar-refractivity contribution in [1.82, 2.24) is 0 Å². The first-order valence-corrected chi connectivity index (χ1v) is 7.16. The number of para-hydroxylation sites is 2. The maximum Gasteiger partial charge on any atom is 0.354 e. The molecular formula is C18H20O4. The summed E-state index contributed by atoms with van der Waals surface area (Å²) in [7, 11) is 1.56. The highest BCUT2D eigenvalue weighted by Gasteiger charge is 2.40. The molecule has 2 aromatic carbocycles. The molecule has 1 atom stereocenters. The van der Waals surface area contributed by atoms with Crippen molar-refractivity contribution in [2.75, 3.05) is 13.7 Å². The average Bonchev–Trinajstić information content (AvgIpc) is 2.56. The lowest BCUT2D eigenvalue weighted by molar-refractivity contribution is -0.161. The second-order valence-electron chi connectivity index (χ2n) is 4.87. The fourth-order valence-corrected chi connectivity index (χ4v) is 2.17. The van der Waals surface area contributed by atoms with E-state index in [-0.39, 0.29) is 6.61 Å². The molecule has 2 rings (SSSR count). The molecule has 0 saturated heterocycles. The molecule has 0 amide bonds. The molecule has 0 fully saturated rings. The lowest BCUT2D eigenvalue weighted by Crippen LogP contribution is -2.40. The third-order valence-corrected chi connectivity index (χ3v) is 3.37. The van der Waals surface area contributed by atoms with Crippen molar-refractivity contribution < 1.29 is 19.0 Å². The van der Waals surface area contributed by atoms with E-state index in [4.69, 9.17) is 14.2 Å².